The summed E-state index contributed by atoms with van der Waals surface area (Å²) >= 11 is 3.54. The summed E-state index contributed by atoms with van der Waals surface area (Å²) < 4.78 is 1.74. The van der Waals surface area contributed by atoms with E-state index in [9.17, 15) is 4.79 Å². The molecule has 2 rings (SSSR count). The molecule has 0 spiro atoms. The summed E-state index contributed by atoms with van der Waals surface area (Å²) in [6, 6.07) is 12.2. The summed E-state index contributed by atoms with van der Waals surface area (Å²) in [7, 11) is 0. The van der Waals surface area contributed by atoms with Crippen molar-refractivity contribution in [3.63, 3.8) is 0 Å². The molecule has 19 heavy (non-hydrogen) atoms. The van der Waals surface area contributed by atoms with Crippen LogP contribution in [0.25, 0.3) is 0 Å². The zero-order valence-electron chi connectivity index (χ0n) is 11.1. The van der Waals surface area contributed by atoms with Gasteiger partial charge in [-0.05, 0) is 25.5 Å². The highest BCUT2D eigenvalue weighted by molar-refractivity contribution is 9.09. The summed E-state index contributed by atoms with van der Waals surface area (Å²) in [5.41, 5.74) is 2.79. The molecular formula is C15H17BrN2O. The van der Waals surface area contributed by atoms with Gasteiger partial charge in [-0.1, -0.05) is 46.3 Å². The second-order valence-corrected chi connectivity index (χ2v) is 5.34. The first-order chi connectivity index (χ1) is 9.11. The molecule has 0 radical (unpaired) electrons. The highest BCUT2D eigenvalue weighted by atomic mass is 79.9. The van der Waals surface area contributed by atoms with Crippen LogP contribution in [0, 0.1) is 13.8 Å². The fourth-order valence-electron chi connectivity index (χ4n) is 2.19. The largest absolute Gasteiger partial charge is 0.347 e. The summed E-state index contributed by atoms with van der Waals surface area (Å²) in [5, 5.41) is 0.816. The third-order valence-electron chi connectivity index (χ3n) is 3.21. The average molecular weight is 321 g/mol. The Kier molecular flexibility index (Phi) is 4.53. The molecule has 0 amide bonds. The second-order valence-electron chi connectivity index (χ2n) is 4.69. The van der Waals surface area contributed by atoms with E-state index in [1.165, 1.54) is 5.56 Å². The molecule has 1 heterocycles. The number of aryl methyl sites for hydroxylation is 2. The maximum Gasteiger partial charge on any atom is 0.347 e. The first kappa shape index (κ1) is 14.0. The van der Waals surface area contributed by atoms with E-state index in [4.69, 9.17) is 0 Å². The van der Waals surface area contributed by atoms with Gasteiger partial charge in [-0.3, -0.25) is 4.57 Å². The molecule has 3 nitrogen and oxygen atoms in total. The smallest absolute Gasteiger partial charge is 0.296 e. The lowest BCUT2D eigenvalue weighted by Gasteiger charge is -2.17. The van der Waals surface area contributed by atoms with Crippen LogP contribution in [0.15, 0.2) is 41.2 Å². The maximum atomic E-state index is 12.0. The number of nitrogens with zero attached hydrogens (tertiary/aromatic N) is 2. The molecule has 0 saturated carbocycles. The van der Waals surface area contributed by atoms with Gasteiger partial charge >= 0.3 is 5.69 Å². The van der Waals surface area contributed by atoms with E-state index in [-0.39, 0.29) is 11.6 Å². The summed E-state index contributed by atoms with van der Waals surface area (Å²) in [5.74, 6) is 0.266. The van der Waals surface area contributed by atoms with Crippen LogP contribution in [0.3, 0.4) is 0 Å². The number of rotatable bonds is 4. The highest BCUT2D eigenvalue weighted by Gasteiger charge is 2.13. The van der Waals surface area contributed by atoms with Gasteiger partial charge in [-0.25, -0.2) is 4.79 Å². The van der Waals surface area contributed by atoms with E-state index in [2.05, 4.69) is 33.0 Å². The highest BCUT2D eigenvalue weighted by Crippen LogP contribution is 2.20. The van der Waals surface area contributed by atoms with Crippen LogP contribution in [0.5, 0.6) is 0 Å². The zero-order chi connectivity index (χ0) is 13.8. The molecule has 0 bridgehead atoms. The minimum absolute atomic E-state index is 0.167. The van der Waals surface area contributed by atoms with Gasteiger partial charge in [0, 0.05) is 29.2 Å². The van der Waals surface area contributed by atoms with E-state index in [1.54, 1.807) is 4.57 Å². The van der Waals surface area contributed by atoms with Crippen molar-refractivity contribution in [2.24, 2.45) is 0 Å². The van der Waals surface area contributed by atoms with Crippen molar-refractivity contribution in [3.8, 4) is 0 Å². The monoisotopic (exact) mass is 320 g/mol. The third-order valence-corrected chi connectivity index (χ3v) is 3.99. The van der Waals surface area contributed by atoms with Gasteiger partial charge in [0.05, 0.1) is 0 Å². The van der Waals surface area contributed by atoms with Gasteiger partial charge < -0.3 is 0 Å². The number of alkyl halides is 1. The maximum absolute atomic E-state index is 12.0. The minimum Gasteiger partial charge on any atom is -0.296 e. The molecule has 0 fully saturated rings. The predicted octanol–water partition coefficient (Wildman–Crippen LogP) is 3.04. The fourth-order valence-corrected chi connectivity index (χ4v) is 2.76. The van der Waals surface area contributed by atoms with Crippen LogP contribution in [0.4, 0.5) is 0 Å². The van der Waals surface area contributed by atoms with Crippen molar-refractivity contribution in [2.45, 2.75) is 26.3 Å². The predicted molar refractivity (Wildman–Crippen MR) is 80.9 cm³/mol. The molecule has 0 saturated heterocycles. The zero-order valence-corrected chi connectivity index (χ0v) is 12.7. The number of halogens is 1. The first-order valence-electron chi connectivity index (χ1n) is 6.28. The molecule has 0 N–H and O–H groups in total. The Morgan fingerprint density at radius 2 is 1.95 bits per heavy atom. The topological polar surface area (TPSA) is 34.9 Å². The lowest BCUT2D eigenvalue weighted by molar-refractivity contribution is 0.561. The standard InChI is InChI=1S/C15H17BrN2O/c1-11-8-12(2)18(15(19)17-11)10-14(9-16)13-6-4-3-5-7-13/h3-8,14H,9-10H2,1-2H3. The summed E-state index contributed by atoms with van der Waals surface area (Å²) in [4.78, 5) is 16.0. The summed E-state index contributed by atoms with van der Waals surface area (Å²) in [6.45, 7) is 4.44. The van der Waals surface area contributed by atoms with Crippen molar-refractivity contribution < 1.29 is 0 Å². The molecule has 100 valence electrons. The lowest BCUT2D eigenvalue weighted by atomic mass is 10.0. The van der Waals surface area contributed by atoms with E-state index >= 15 is 0 Å². The summed E-state index contributed by atoms with van der Waals surface area (Å²) in [6.07, 6.45) is 0. The van der Waals surface area contributed by atoms with Crippen molar-refractivity contribution in [1.82, 2.24) is 9.55 Å². The second kappa shape index (κ2) is 6.15. The van der Waals surface area contributed by atoms with E-state index < -0.39 is 0 Å². The molecule has 4 heteroatoms. The fraction of sp³-hybridized carbons (Fsp3) is 0.333. The lowest BCUT2D eigenvalue weighted by Crippen LogP contribution is -2.28. The van der Waals surface area contributed by atoms with Gasteiger partial charge in [0.25, 0.3) is 0 Å². The Hall–Kier alpha value is -1.42. The van der Waals surface area contributed by atoms with Crippen LogP contribution in [-0.2, 0) is 6.54 Å². The van der Waals surface area contributed by atoms with Crippen LogP contribution < -0.4 is 5.69 Å². The SMILES string of the molecule is Cc1cc(C)n(CC(CBr)c2ccccc2)c(=O)n1. The van der Waals surface area contributed by atoms with Crippen molar-refractivity contribution >= 4 is 15.9 Å². The molecule has 1 unspecified atom stereocenters. The number of hydrogen-bond acceptors (Lipinski definition) is 2. The van der Waals surface area contributed by atoms with Crippen LogP contribution in [0.1, 0.15) is 22.9 Å². The van der Waals surface area contributed by atoms with E-state index in [0.717, 1.165) is 16.7 Å². The van der Waals surface area contributed by atoms with Crippen LogP contribution >= 0.6 is 15.9 Å². The van der Waals surface area contributed by atoms with E-state index in [0.29, 0.717) is 6.54 Å². The quantitative estimate of drug-likeness (QED) is 0.811. The minimum atomic E-state index is -0.167. The van der Waals surface area contributed by atoms with Crippen molar-refractivity contribution in [3.05, 3.63) is 63.8 Å². The Balaban J connectivity index is 2.32. The average Bonchev–Trinajstić information content (AvgIpc) is 2.39. The number of hydrogen-bond donors (Lipinski definition) is 0. The van der Waals surface area contributed by atoms with Crippen LogP contribution in [-0.4, -0.2) is 14.9 Å². The van der Waals surface area contributed by atoms with Gasteiger partial charge in [-0.2, -0.15) is 4.98 Å². The molecule has 0 aliphatic heterocycles. The normalized spacial score (nSPS) is 12.4. The van der Waals surface area contributed by atoms with Crippen LogP contribution in [0.2, 0.25) is 0 Å². The van der Waals surface area contributed by atoms with Crippen molar-refractivity contribution in [1.29, 1.82) is 0 Å². The molecule has 1 atom stereocenters. The molecule has 1 aromatic heterocycles. The Bertz CT molecular complexity index is 607. The van der Waals surface area contributed by atoms with E-state index in [1.807, 2.05) is 38.1 Å². The number of aromatic nitrogens is 2. The third kappa shape index (κ3) is 3.32. The molecule has 1 aromatic carbocycles. The Morgan fingerprint density at radius 1 is 1.26 bits per heavy atom. The van der Waals surface area contributed by atoms with Gasteiger partial charge in [0.2, 0.25) is 0 Å². The van der Waals surface area contributed by atoms with Gasteiger partial charge in [0.1, 0.15) is 0 Å². The Labute approximate surface area is 121 Å². The number of benzene rings is 1. The molecular weight excluding hydrogens is 304 g/mol. The van der Waals surface area contributed by atoms with Gasteiger partial charge in [0.15, 0.2) is 0 Å². The molecule has 0 aliphatic rings. The first-order valence-corrected chi connectivity index (χ1v) is 7.40. The Morgan fingerprint density at radius 3 is 2.53 bits per heavy atom. The van der Waals surface area contributed by atoms with Crippen molar-refractivity contribution in [2.75, 3.05) is 5.33 Å². The molecule has 2 aromatic rings. The molecule has 0 aliphatic carbocycles. The van der Waals surface area contributed by atoms with Gasteiger partial charge in [-0.15, -0.1) is 0 Å².